The fourth-order valence-corrected chi connectivity index (χ4v) is 1.88. The zero-order valence-electron chi connectivity index (χ0n) is 16.7. The molecule has 0 aliphatic rings. The van der Waals surface area contributed by atoms with E-state index in [2.05, 4.69) is 0 Å². The van der Waals surface area contributed by atoms with Crippen LogP contribution >= 0.6 is 0 Å². The molecule has 30 heavy (non-hydrogen) atoms. The van der Waals surface area contributed by atoms with Crippen LogP contribution in [0.3, 0.4) is 0 Å². The van der Waals surface area contributed by atoms with Crippen molar-refractivity contribution >= 4 is 29.2 Å². The van der Waals surface area contributed by atoms with Gasteiger partial charge in [-0.3, -0.25) is 29.8 Å². The third kappa shape index (κ3) is 11.1. The van der Waals surface area contributed by atoms with Gasteiger partial charge in [0.05, 0.1) is 16.0 Å². The summed E-state index contributed by atoms with van der Waals surface area (Å²) < 4.78 is 0. The quantitative estimate of drug-likeness (QED) is 0.423. The number of Topliss-reactive ketones (excluding diaryl/α,β-unsaturated/α-hetero) is 2. The lowest BCUT2D eigenvalue weighted by atomic mass is 10.0. The second kappa shape index (κ2) is 13.4. The highest BCUT2D eigenvalue weighted by Gasteiger charge is 2.12. The molecular weight excluding hydrogens is 396 g/mol. The fraction of sp³-hybridized carbons (Fsp3) is 0.250. The lowest BCUT2D eigenvalue weighted by Crippen LogP contribution is -2.03. The van der Waals surface area contributed by atoms with E-state index in [9.17, 15) is 39.7 Å². The molecule has 2 aromatic rings. The van der Waals surface area contributed by atoms with Crippen LogP contribution in [0.5, 0.6) is 0 Å². The van der Waals surface area contributed by atoms with Crippen LogP contribution in [-0.4, -0.2) is 32.8 Å². The van der Waals surface area contributed by atoms with Crippen LogP contribution in [0.15, 0.2) is 48.5 Å². The van der Waals surface area contributed by atoms with Crippen molar-refractivity contribution in [1.29, 1.82) is 0 Å². The Morgan fingerprint density at radius 1 is 0.900 bits per heavy atom. The number of ketones is 2. The third-order valence-corrected chi connectivity index (χ3v) is 3.21. The van der Waals surface area contributed by atoms with Crippen LogP contribution < -0.4 is 0 Å². The number of carbonyl (C=O) groups excluding carboxylic acids is 3. The molecule has 0 fully saturated rings. The van der Waals surface area contributed by atoms with E-state index in [0.29, 0.717) is 17.4 Å². The fourth-order valence-electron chi connectivity index (χ4n) is 1.88. The maximum absolute atomic E-state index is 10.7. The number of nitro benzene ring substituents is 2. The summed E-state index contributed by atoms with van der Waals surface area (Å²) in [6.45, 7) is 4.44. The van der Waals surface area contributed by atoms with Crippen molar-refractivity contribution in [3.05, 3.63) is 79.9 Å². The van der Waals surface area contributed by atoms with E-state index in [4.69, 9.17) is 0 Å². The van der Waals surface area contributed by atoms with E-state index in [1.807, 2.05) is 0 Å². The first-order valence-corrected chi connectivity index (χ1v) is 8.56. The summed E-state index contributed by atoms with van der Waals surface area (Å²) in [5.41, 5.74) is 0.913. The average Bonchev–Trinajstić information content (AvgIpc) is 2.67. The Bertz CT molecular complexity index is 873. The summed E-state index contributed by atoms with van der Waals surface area (Å²) in [6, 6.07) is 10.9. The number of benzene rings is 2. The Morgan fingerprint density at radius 2 is 1.27 bits per heavy atom. The highest BCUT2D eigenvalue weighted by Crippen LogP contribution is 2.20. The van der Waals surface area contributed by atoms with Crippen LogP contribution in [0.4, 0.5) is 11.4 Å². The van der Waals surface area contributed by atoms with E-state index < -0.39 is 16.0 Å². The molecule has 0 heterocycles. The molecule has 0 spiro atoms. The topological polar surface area (TPSA) is 158 Å². The molecule has 10 heteroatoms. The molecule has 1 N–H and O–H groups in total. The summed E-state index contributed by atoms with van der Waals surface area (Å²) in [5.74, 6) is 0.0425. The van der Waals surface area contributed by atoms with Gasteiger partial charge in [-0.25, -0.2) is 0 Å². The first-order valence-electron chi connectivity index (χ1n) is 8.56. The largest absolute Gasteiger partial charge is 0.388 e. The standard InChI is InChI=1S/C10H11NO4.C7H5NO3.C3H6O/c1-7(12)6-10(13)8-2-4-9(5-3-8)11(14)15;9-5-6-1-3-7(4-2-6)8(10)11;1-3(2)4/h2-5,10,13H,6H2,1H3;1-5H;1-2H3/t10-;;/m1../s1. The van der Waals surface area contributed by atoms with Gasteiger partial charge >= 0.3 is 0 Å². The van der Waals surface area contributed by atoms with Crippen LogP contribution in [0.1, 0.15) is 49.2 Å². The second-order valence-electron chi connectivity index (χ2n) is 6.15. The smallest absolute Gasteiger partial charge is 0.269 e. The van der Waals surface area contributed by atoms with Gasteiger partial charge in [0, 0.05) is 36.2 Å². The maximum Gasteiger partial charge on any atom is 0.269 e. The number of aldehydes is 1. The molecule has 2 aromatic carbocycles. The summed E-state index contributed by atoms with van der Waals surface area (Å²) >= 11 is 0. The average molecular weight is 418 g/mol. The number of carbonyl (C=O) groups is 3. The number of aliphatic hydroxyl groups is 1. The van der Waals surface area contributed by atoms with Crippen molar-refractivity contribution in [2.24, 2.45) is 0 Å². The van der Waals surface area contributed by atoms with Gasteiger partial charge in [0.1, 0.15) is 17.9 Å². The third-order valence-electron chi connectivity index (χ3n) is 3.21. The zero-order chi connectivity index (χ0) is 23.3. The Balaban J connectivity index is 0.000000491. The number of rotatable bonds is 6. The minimum absolute atomic E-state index is 0.00407. The highest BCUT2D eigenvalue weighted by molar-refractivity contribution is 5.76. The first-order chi connectivity index (χ1) is 14.0. The van der Waals surface area contributed by atoms with Crippen molar-refractivity contribution in [2.45, 2.75) is 33.3 Å². The van der Waals surface area contributed by atoms with Crippen molar-refractivity contribution in [1.82, 2.24) is 0 Å². The lowest BCUT2D eigenvalue weighted by Gasteiger charge is -2.07. The summed E-state index contributed by atoms with van der Waals surface area (Å²) in [5, 5.41) is 30.0. The molecule has 0 unspecified atom stereocenters. The summed E-state index contributed by atoms with van der Waals surface area (Å²) in [6.07, 6.45) is -0.218. The predicted molar refractivity (Wildman–Crippen MR) is 108 cm³/mol. The highest BCUT2D eigenvalue weighted by atomic mass is 16.6. The van der Waals surface area contributed by atoms with E-state index in [-0.39, 0.29) is 29.4 Å². The lowest BCUT2D eigenvalue weighted by molar-refractivity contribution is -0.385. The van der Waals surface area contributed by atoms with Gasteiger partial charge in [0.15, 0.2) is 0 Å². The monoisotopic (exact) mass is 418 g/mol. The summed E-state index contributed by atoms with van der Waals surface area (Å²) in [4.78, 5) is 49.7. The van der Waals surface area contributed by atoms with Crippen LogP contribution in [0.2, 0.25) is 0 Å². The molecule has 2 rings (SSSR count). The molecule has 0 aromatic heterocycles. The Morgan fingerprint density at radius 3 is 1.57 bits per heavy atom. The van der Waals surface area contributed by atoms with Crippen molar-refractivity contribution in [3.8, 4) is 0 Å². The molecule has 0 bridgehead atoms. The number of non-ortho nitro benzene ring substituents is 2. The number of aliphatic hydroxyl groups excluding tert-OH is 1. The SMILES string of the molecule is CC(=O)C[C@@H](O)c1ccc([N+](=O)[O-])cc1.CC(C)=O.O=Cc1ccc([N+](=O)[O-])cc1. The molecule has 0 amide bonds. The minimum atomic E-state index is -0.886. The molecule has 0 saturated carbocycles. The number of hydrogen-bond donors (Lipinski definition) is 1. The first kappa shape index (κ1) is 26.2. The predicted octanol–water partition coefficient (Wildman–Crippen LogP) is 3.61. The van der Waals surface area contributed by atoms with Gasteiger partial charge in [0.2, 0.25) is 0 Å². The van der Waals surface area contributed by atoms with Gasteiger partial charge in [0.25, 0.3) is 11.4 Å². The van der Waals surface area contributed by atoms with Gasteiger partial charge in [-0.05, 0) is 50.6 Å². The van der Waals surface area contributed by atoms with Gasteiger partial charge in [-0.2, -0.15) is 0 Å². The van der Waals surface area contributed by atoms with E-state index in [1.54, 1.807) is 0 Å². The molecule has 1 atom stereocenters. The normalized spacial score (nSPS) is 10.3. The van der Waals surface area contributed by atoms with Crippen LogP contribution in [-0.2, 0) is 9.59 Å². The van der Waals surface area contributed by atoms with E-state index in [1.165, 1.54) is 69.3 Å². The molecule has 160 valence electrons. The second-order valence-corrected chi connectivity index (χ2v) is 6.15. The molecule has 10 nitrogen and oxygen atoms in total. The number of hydrogen-bond acceptors (Lipinski definition) is 8. The zero-order valence-corrected chi connectivity index (χ0v) is 16.7. The van der Waals surface area contributed by atoms with Crippen molar-refractivity contribution in [3.63, 3.8) is 0 Å². The Kier molecular flexibility index (Phi) is 11.7. The van der Waals surface area contributed by atoms with Gasteiger partial charge in [-0.15, -0.1) is 0 Å². The molecule has 0 saturated heterocycles. The van der Waals surface area contributed by atoms with Gasteiger partial charge in [-0.1, -0.05) is 0 Å². The molecule has 0 aliphatic heterocycles. The van der Waals surface area contributed by atoms with Crippen molar-refractivity contribution in [2.75, 3.05) is 0 Å². The van der Waals surface area contributed by atoms with E-state index in [0.717, 1.165) is 0 Å². The minimum Gasteiger partial charge on any atom is -0.388 e. The number of nitro groups is 2. The van der Waals surface area contributed by atoms with Crippen LogP contribution in [0.25, 0.3) is 0 Å². The number of nitrogens with zero attached hydrogens (tertiary/aromatic N) is 2. The Labute approximate surface area is 172 Å². The maximum atomic E-state index is 10.7. The van der Waals surface area contributed by atoms with Crippen molar-refractivity contribution < 1.29 is 29.3 Å². The summed E-state index contributed by atoms with van der Waals surface area (Å²) in [7, 11) is 0. The molecule has 0 aliphatic carbocycles. The Hall–Kier alpha value is -3.79. The van der Waals surface area contributed by atoms with Crippen LogP contribution in [0, 0.1) is 20.2 Å². The van der Waals surface area contributed by atoms with E-state index >= 15 is 0 Å². The molecule has 0 radical (unpaired) electrons. The molecular formula is C20H22N2O8. The van der Waals surface area contributed by atoms with Gasteiger partial charge < -0.3 is 9.90 Å².